The first-order valence-corrected chi connectivity index (χ1v) is 7.35. The van der Waals surface area contributed by atoms with Gasteiger partial charge in [-0.1, -0.05) is 19.4 Å². The largest absolute Gasteiger partial charge is 0.481 e. The molecule has 6 heteroatoms. The van der Waals surface area contributed by atoms with Crippen LogP contribution in [0.5, 0.6) is 0 Å². The van der Waals surface area contributed by atoms with Crippen molar-refractivity contribution in [1.82, 2.24) is 5.32 Å². The summed E-state index contributed by atoms with van der Waals surface area (Å²) in [5, 5.41) is 11.8. The van der Waals surface area contributed by atoms with E-state index in [1.54, 1.807) is 6.92 Å². The average Bonchev–Trinajstić information content (AvgIpc) is 2.86. The number of amides is 1. The lowest BCUT2D eigenvalue weighted by molar-refractivity contribution is -0.142. The molecule has 2 N–H and O–H groups in total. The minimum Gasteiger partial charge on any atom is -0.481 e. The normalized spacial score (nSPS) is 22.3. The van der Waals surface area contributed by atoms with Crippen molar-refractivity contribution < 1.29 is 23.5 Å². The van der Waals surface area contributed by atoms with Crippen molar-refractivity contribution in [3.05, 3.63) is 35.4 Å². The number of hydrogen-bond donors (Lipinski definition) is 2. The quantitative estimate of drug-likeness (QED) is 0.878. The highest BCUT2D eigenvalue weighted by atomic mass is 19.1. The van der Waals surface area contributed by atoms with Crippen LogP contribution in [0.1, 0.15) is 44.1 Å². The summed E-state index contributed by atoms with van der Waals surface area (Å²) < 4.78 is 26.6. The molecule has 1 aliphatic rings. The van der Waals surface area contributed by atoms with E-state index in [9.17, 15) is 18.4 Å². The number of carbonyl (C=O) groups excluding carboxylic acids is 1. The molecule has 1 unspecified atom stereocenters. The van der Waals surface area contributed by atoms with Crippen LogP contribution < -0.4 is 5.32 Å². The molecule has 2 rings (SSSR count). The van der Waals surface area contributed by atoms with Gasteiger partial charge in [-0.2, -0.15) is 0 Å². The summed E-state index contributed by atoms with van der Waals surface area (Å²) in [6, 6.07) is 2.92. The second kappa shape index (κ2) is 6.85. The van der Waals surface area contributed by atoms with Gasteiger partial charge < -0.3 is 10.4 Å². The highest BCUT2D eigenvalue weighted by Crippen LogP contribution is 2.27. The van der Waals surface area contributed by atoms with Gasteiger partial charge in [0, 0.05) is 18.5 Å². The molecule has 1 aromatic carbocycles. The first-order chi connectivity index (χ1) is 10.4. The lowest BCUT2D eigenvalue weighted by atomic mass is 9.96. The predicted molar refractivity (Wildman–Crippen MR) is 76.3 cm³/mol. The van der Waals surface area contributed by atoms with E-state index in [0.29, 0.717) is 12.8 Å². The molecule has 1 saturated carbocycles. The molecule has 0 spiro atoms. The predicted octanol–water partition coefficient (Wildman–Crippen LogP) is 2.83. The molecule has 0 heterocycles. The summed E-state index contributed by atoms with van der Waals surface area (Å²) in [7, 11) is 0. The molecular formula is C16H19F2NO3. The molecular weight excluding hydrogens is 292 g/mol. The maximum atomic E-state index is 13.7. The SMILES string of the molecule is CC(CC(=O)N[C@@H]1CCC[C@@H]1C(=O)O)c1ccc(F)cc1F. The van der Waals surface area contributed by atoms with Crippen molar-refractivity contribution in [3.63, 3.8) is 0 Å². The van der Waals surface area contributed by atoms with E-state index in [4.69, 9.17) is 5.11 Å². The standard InChI is InChI=1S/C16H19F2NO3/c1-9(11-6-5-10(17)8-13(11)18)7-15(20)19-14-4-2-3-12(14)16(21)22/h5-6,8-9,12,14H,2-4,7H2,1H3,(H,19,20)(H,21,22)/t9?,12-,14+/m0/s1. The Kier molecular flexibility index (Phi) is 5.11. The van der Waals surface area contributed by atoms with E-state index >= 15 is 0 Å². The van der Waals surface area contributed by atoms with Crippen molar-refractivity contribution in [2.75, 3.05) is 0 Å². The first-order valence-electron chi connectivity index (χ1n) is 7.35. The van der Waals surface area contributed by atoms with Crippen LogP contribution in [0.4, 0.5) is 8.78 Å². The summed E-state index contributed by atoms with van der Waals surface area (Å²) in [4.78, 5) is 23.1. The Labute approximate surface area is 127 Å². The van der Waals surface area contributed by atoms with Gasteiger partial charge >= 0.3 is 5.97 Å². The number of aliphatic carboxylic acids is 1. The van der Waals surface area contributed by atoms with Gasteiger partial charge in [-0.15, -0.1) is 0 Å². The van der Waals surface area contributed by atoms with Crippen molar-refractivity contribution in [1.29, 1.82) is 0 Å². The molecule has 120 valence electrons. The average molecular weight is 311 g/mol. The Balaban J connectivity index is 1.95. The van der Waals surface area contributed by atoms with Gasteiger partial charge in [0.2, 0.25) is 5.91 Å². The van der Waals surface area contributed by atoms with Crippen molar-refractivity contribution >= 4 is 11.9 Å². The Morgan fingerprint density at radius 3 is 2.73 bits per heavy atom. The molecule has 0 radical (unpaired) electrons. The second-order valence-corrected chi connectivity index (χ2v) is 5.82. The van der Waals surface area contributed by atoms with Crippen LogP contribution in [-0.2, 0) is 9.59 Å². The number of rotatable bonds is 5. The molecule has 1 aliphatic carbocycles. The number of carbonyl (C=O) groups is 2. The zero-order valence-corrected chi connectivity index (χ0v) is 12.3. The van der Waals surface area contributed by atoms with E-state index in [2.05, 4.69) is 5.32 Å². The summed E-state index contributed by atoms with van der Waals surface area (Å²) in [5.74, 6) is -3.51. The molecule has 0 saturated heterocycles. The number of hydrogen-bond acceptors (Lipinski definition) is 2. The number of nitrogens with one attached hydrogen (secondary N) is 1. The minimum atomic E-state index is -0.902. The van der Waals surface area contributed by atoms with Gasteiger partial charge in [0.25, 0.3) is 0 Å². The van der Waals surface area contributed by atoms with Gasteiger partial charge in [-0.05, 0) is 30.4 Å². The van der Waals surface area contributed by atoms with E-state index < -0.39 is 29.4 Å². The molecule has 1 aromatic rings. The van der Waals surface area contributed by atoms with Gasteiger partial charge in [0.1, 0.15) is 11.6 Å². The third kappa shape index (κ3) is 3.81. The second-order valence-electron chi connectivity index (χ2n) is 5.82. The zero-order valence-electron chi connectivity index (χ0n) is 12.3. The topological polar surface area (TPSA) is 66.4 Å². The van der Waals surface area contributed by atoms with Crippen molar-refractivity contribution in [3.8, 4) is 0 Å². The van der Waals surface area contributed by atoms with Crippen LogP contribution >= 0.6 is 0 Å². The fourth-order valence-corrected chi connectivity index (χ4v) is 2.98. The molecule has 4 nitrogen and oxygen atoms in total. The first kappa shape index (κ1) is 16.4. The fourth-order valence-electron chi connectivity index (χ4n) is 2.98. The molecule has 1 fully saturated rings. The molecule has 0 aliphatic heterocycles. The Morgan fingerprint density at radius 1 is 1.36 bits per heavy atom. The lowest BCUT2D eigenvalue weighted by Gasteiger charge is -2.19. The monoisotopic (exact) mass is 311 g/mol. The summed E-state index contributed by atoms with van der Waals surface area (Å²) in [6.07, 6.45) is 2.00. The summed E-state index contributed by atoms with van der Waals surface area (Å²) >= 11 is 0. The van der Waals surface area contributed by atoms with Crippen LogP contribution in [-0.4, -0.2) is 23.0 Å². The number of carboxylic acid groups (broad SMARTS) is 1. The smallest absolute Gasteiger partial charge is 0.308 e. The molecule has 3 atom stereocenters. The van der Waals surface area contributed by atoms with E-state index in [-0.39, 0.29) is 23.9 Å². The molecule has 0 aromatic heterocycles. The Hall–Kier alpha value is -1.98. The maximum Gasteiger partial charge on any atom is 0.308 e. The number of carboxylic acids is 1. The molecule has 22 heavy (non-hydrogen) atoms. The summed E-state index contributed by atoms with van der Waals surface area (Å²) in [6.45, 7) is 1.68. The highest BCUT2D eigenvalue weighted by molar-refractivity contribution is 5.79. The van der Waals surface area contributed by atoms with E-state index in [1.165, 1.54) is 6.07 Å². The van der Waals surface area contributed by atoms with Crippen LogP contribution in [0.25, 0.3) is 0 Å². The van der Waals surface area contributed by atoms with E-state index in [0.717, 1.165) is 18.6 Å². The van der Waals surface area contributed by atoms with Gasteiger partial charge in [0.05, 0.1) is 5.92 Å². The van der Waals surface area contributed by atoms with Gasteiger partial charge in [-0.25, -0.2) is 8.78 Å². The van der Waals surface area contributed by atoms with Crippen molar-refractivity contribution in [2.45, 2.75) is 44.6 Å². The maximum absolute atomic E-state index is 13.7. The van der Waals surface area contributed by atoms with Crippen LogP contribution in [0.3, 0.4) is 0 Å². The fraction of sp³-hybridized carbons (Fsp3) is 0.500. The van der Waals surface area contributed by atoms with Crippen molar-refractivity contribution in [2.24, 2.45) is 5.92 Å². The van der Waals surface area contributed by atoms with E-state index in [1.807, 2.05) is 0 Å². The Bertz CT molecular complexity index is 577. The van der Waals surface area contributed by atoms with Gasteiger partial charge in [0.15, 0.2) is 0 Å². The van der Waals surface area contributed by atoms with Gasteiger partial charge in [-0.3, -0.25) is 9.59 Å². The number of halogens is 2. The van der Waals surface area contributed by atoms with Crippen LogP contribution in [0.15, 0.2) is 18.2 Å². The highest BCUT2D eigenvalue weighted by Gasteiger charge is 2.34. The molecule has 0 bridgehead atoms. The third-order valence-corrected chi connectivity index (χ3v) is 4.16. The third-order valence-electron chi connectivity index (χ3n) is 4.16. The zero-order chi connectivity index (χ0) is 16.3. The minimum absolute atomic E-state index is 0.0331. The van der Waals surface area contributed by atoms with Crippen LogP contribution in [0.2, 0.25) is 0 Å². The molecule has 1 amide bonds. The number of benzene rings is 1. The summed E-state index contributed by atoms with van der Waals surface area (Å²) in [5.41, 5.74) is 0.276. The Morgan fingerprint density at radius 2 is 2.09 bits per heavy atom. The lowest BCUT2D eigenvalue weighted by Crippen LogP contribution is -2.40. The van der Waals surface area contributed by atoms with Crippen LogP contribution in [0, 0.1) is 17.6 Å².